The summed E-state index contributed by atoms with van der Waals surface area (Å²) in [4.78, 5) is 12.8. The molecule has 0 radical (unpaired) electrons. The van der Waals surface area contributed by atoms with E-state index in [-0.39, 0.29) is 23.3 Å². The zero-order valence-electron chi connectivity index (χ0n) is 17.5. The lowest BCUT2D eigenvalue weighted by atomic mass is 10.0. The van der Waals surface area contributed by atoms with E-state index in [1.807, 2.05) is 44.2 Å². The second-order valence-electron chi connectivity index (χ2n) is 7.42. The van der Waals surface area contributed by atoms with Crippen LogP contribution in [-0.4, -0.2) is 27.4 Å². The molecule has 3 aromatic carbocycles. The van der Waals surface area contributed by atoms with E-state index in [1.54, 1.807) is 48.5 Å². The van der Waals surface area contributed by atoms with E-state index in [2.05, 4.69) is 5.32 Å². The Morgan fingerprint density at radius 2 is 1.58 bits per heavy atom. The van der Waals surface area contributed by atoms with Crippen molar-refractivity contribution in [2.24, 2.45) is 0 Å². The lowest BCUT2D eigenvalue weighted by molar-refractivity contribution is -0.119. The van der Waals surface area contributed by atoms with Crippen LogP contribution in [0.3, 0.4) is 0 Å². The summed E-state index contributed by atoms with van der Waals surface area (Å²) < 4.78 is 27.8. The van der Waals surface area contributed by atoms with Crippen LogP contribution in [0, 0.1) is 6.92 Å². The van der Waals surface area contributed by atoms with Crippen molar-refractivity contribution in [3.63, 3.8) is 0 Å². The van der Waals surface area contributed by atoms with Crippen LogP contribution in [0.15, 0.2) is 83.8 Å². The summed E-state index contributed by atoms with van der Waals surface area (Å²) in [7, 11) is -3.94. The molecule has 31 heavy (non-hydrogen) atoms. The van der Waals surface area contributed by atoms with Crippen molar-refractivity contribution >= 4 is 33.2 Å². The normalized spacial score (nSPS) is 12.2. The number of nitrogens with one attached hydrogen (secondary N) is 1. The SMILES string of the molecule is Cc1ccc(S(=O)(=O)N(CC(=O)NC[C@@H](C)c2ccccc2)c2ccc(Cl)cc2)cc1. The van der Waals surface area contributed by atoms with E-state index in [0.29, 0.717) is 17.3 Å². The average molecular weight is 457 g/mol. The number of amides is 1. The fourth-order valence-electron chi connectivity index (χ4n) is 3.11. The Kier molecular flexibility index (Phi) is 7.36. The third-order valence-corrected chi connectivity index (χ3v) is 7.02. The highest BCUT2D eigenvalue weighted by Crippen LogP contribution is 2.25. The van der Waals surface area contributed by atoms with Crippen LogP contribution < -0.4 is 9.62 Å². The van der Waals surface area contributed by atoms with Gasteiger partial charge in [-0.2, -0.15) is 0 Å². The first-order valence-electron chi connectivity index (χ1n) is 9.94. The molecule has 3 aromatic rings. The van der Waals surface area contributed by atoms with Gasteiger partial charge in [-0.1, -0.05) is 66.6 Å². The highest BCUT2D eigenvalue weighted by Gasteiger charge is 2.27. The first-order chi connectivity index (χ1) is 14.8. The van der Waals surface area contributed by atoms with Gasteiger partial charge in [0.2, 0.25) is 5.91 Å². The second kappa shape index (κ2) is 9.98. The quantitative estimate of drug-likeness (QED) is 0.531. The van der Waals surface area contributed by atoms with Gasteiger partial charge in [0.1, 0.15) is 6.54 Å². The van der Waals surface area contributed by atoms with E-state index in [4.69, 9.17) is 11.6 Å². The Bertz CT molecular complexity index is 1120. The van der Waals surface area contributed by atoms with Crippen LogP contribution in [0.1, 0.15) is 24.0 Å². The van der Waals surface area contributed by atoms with Crippen LogP contribution in [0.5, 0.6) is 0 Å². The summed E-state index contributed by atoms with van der Waals surface area (Å²) in [5.41, 5.74) is 2.42. The molecule has 5 nitrogen and oxygen atoms in total. The van der Waals surface area contributed by atoms with E-state index < -0.39 is 10.0 Å². The van der Waals surface area contributed by atoms with Gasteiger partial charge in [0.15, 0.2) is 0 Å². The lowest BCUT2D eigenvalue weighted by Crippen LogP contribution is -2.41. The van der Waals surface area contributed by atoms with Crippen LogP contribution >= 0.6 is 11.6 Å². The Hall–Kier alpha value is -2.83. The van der Waals surface area contributed by atoms with Gasteiger partial charge in [0, 0.05) is 11.6 Å². The molecule has 0 aliphatic carbocycles. The molecule has 0 fully saturated rings. The molecule has 0 aliphatic rings. The summed E-state index contributed by atoms with van der Waals surface area (Å²) >= 11 is 5.97. The molecule has 0 bridgehead atoms. The van der Waals surface area contributed by atoms with Crippen molar-refractivity contribution in [3.05, 3.63) is 95.0 Å². The summed E-state index contributed by atoms with van der Waals surface area (Å²) in [6, 6.07) is 22.8. The number of rotatable bonds is 8. The molecular weight excluding hydrogens is 432 g/mol. The van der Waals surface area contributed by atoms with Crippen molar-refractivity contribution in [1.29, 1.82) is 0 Å². The van der Waals surface area contributed by atoms with Crippen molar-refractivity contribution in [2.45, 2.75) is 24.7 Å². The van der Waals surface area contributed by atoms with Crippen molar-refractivity contribution < 1.29 is 13.2 Å². The topological polar surface area (TPSA) is 66.5 Å². The maximum Gasteiger partial charge on any atom is 0.264 e. The molecule has 7 heteroatoms. The van der Waals surface area contributed by atoms with Gasteiger partial charge in [-0.05, 0) is 54.8 Å². The molecule has 162 valence electrons. The predicted molar refractivity (Wildman–Crippen MR) is 125 cm³/mol. The molecule has 0 aromatic heterocycles. The predicted octanol–water partition coefficient (Wildman–Crippen LogP) is 4.76. The Labute approximate surface area is 188 Å². The number of sulfonamides is 1. The molecule has 3 rings (SSSR count). The molecule has 0 aliphatic heterocycles. The number of hydrogen-bond donors (Lipinski definition) is 1. The molecule has 1 amide bonds. The Balaban J connectivity index is 1.80. The molecule has 1 N–H and O–H groups in total. The highest BCUT2D eigenvalue weighted by molar-refractivity contribution is 7.92. The van der Waals surface area contributed by atoms with Crippen LogP contribution in [0.2, 0.25) is 5.02 Å². The number of halogens is 1. The molecule has 0 saturated heterocycles. The number of nitrogens with zero attached hydrogens (tertiary/aromatic N) is 1. The zero-order valence-corrected chi connectivity index (χ0v) is 19.0. The summed E-state index contributed by atoms with van der Waals surface area (Å²) in [5.74, 6) is -0.281. The van der Waals surface area contributed by atoms with Gasteiger partial charge >= 0.3 is 0 Å². The minimum absolute atomic E-state index is 0.0998. The van der Waals surface area contributed by atoms with Crippen molar-refractivity contribution in [3.8, 4) is 0 Å². The number of aryl methyl sites for hydroxylation is 1. The maximum atomic E-state index is 13.3. The number of carbonyl (C=O) groups excluding carboxylic acids is 1. The third-order valence-electron chi connectivity index (χ3n) is 4.98. The van der Waals surface area contributed by atoms with E-state index >= 15 is 0 Å². The van der Waals surface area contributed by atoms with Crippen LogP contribution in [0.25, 0.3) is 0 Å². The molecule has 0 unspecified atom stereocenters. The smallest absolute Gasteiger partial charge is 0.264 e. The zero-order chi connectivity index (χ0) is 22.4. The highest BCUT2D eigenvalue weighted by atomic mass is 35.5. The van der Waals surface area contributed by atoms with Gasteiger partial charge in [-0.15, -0.1) is 0 Å². The van der Waals surface area contributed by atoms with E-state index in [9.17, 15) is 13.2 Å². The van der Waals surface area contributed by atoms with Gasteiger partial charge in [-0.3, -0.25) is 9.10 Å². The van der Waals surface area contributed by atoms with Crippen LogP contribution in [0.4, 0.5) is 5.69 Å². The molecule has 1 atom stereocenters. The largest absolute Gasteiger partial charge is 0.354 e. The summed E-state index contributed by atoms with van der Waals surface area (Å²) in [6.45, 7) is 3.96. The van der Waals surface area contributed by atoms with E-state index in [0.717, 1.165) is 15.4 Å². The average Bonchev–Trinajstić information content (AvgIpc) is 2.77. The first kappa shape index (κ1) is 22.8. The van der Waals surface area contributed by atoms with Gasteiger partial charge < -0.3 is 5.32 Å². The summed E-state index contributed by atoms with van der Waals surface area (Å²) in [6.07, 6.45) is 0. The van der Waals surface area contributed by atoms with E-state index in [1.165, 1.54) is 0 Å². The Morgan fingerprint density at radius 1 is 0.968 bits per heavy atom. The third kappa shape index (κ3) is 5.87. The van der Waals surface area contributed by atoms with Gasteiger partial charge in [-0.25, -0.2) is 8.42 Å². The molecular formula is C24H25ClN2O3S. The lowest BCUT2D eigenvalue weighted by Gasteiger charge is -2.24. The van der Waals surface area contributed by atoms with Crippen molar-refractivity contribution in [2.75, 3.05) is 17.4 Å². The van der Waals surface area contributed by atoms with Crippen molar-refractivity contribution in [1.82, 2.24) is 5.32 Å². The summed E-state index contributed by atoms with van der Waals surface area (Å²) in [5, 5.41) is 3.34. The monoisotopic (exact) mass is 456 g/mol. The standard InChI is InChI=1S/C24H25ClN2O3S/c1-18-8-14-23(15-9-18)31(29,30)27(22-12-10-21(25)11-13-22)17-24(28)26-16-19(2)20-6-4-3-5-7-20/h3-15,19H,16-17H2,1-2H3,(H,26,28)/t19-/m1/s1. The minimum Gasteiger partial charge on any atom is -0.354 e. The van der Waals surface area contributed by atoms with Gasteiger partial charge in [0.05, 0.1) is 10.6 Å². The number of anilines is 1. The Morgan fingerprint density at radius 3 is 2.19 bits per heavy atom. The second-order valence-corrected chi connectivity index (χ2v) is 9.72. The minimum atomic E-state index is -3.94. The van der Waals surface area contributed by atoms with Crippen LogP contribution in [-0.2, 0) is 14.8 Å². The van der Waals surface area contributed by atoms with Gasteiger partial charge in [0.25, 0.3) is 10.0 Å². The molecule has 0 saturated carbocycles. The molecule has 0 heterocycles. The fraction of sp³-hybridized carbons (Fsp3) is 0.208. The number of benzene rings is 3. The number of carbonyl (C=O) groups is 1. The first-order valence-corrected chi connectivity index (χ1v) is 11.8. The fourth-order valence-corrected chi connectivity index (χ4v) is 4.66. The number of hydrogen-bond acceptors (Lipinski definition) is 3. The molecule has 0 spiro atoms. The maximum absolute atomic E-state index is 13.3.